The maximum Gasteiger partial charge on any atom is 0.261 e. The third kappa shape index (κ3) is 3.89. The van der Waals surface area contributed by atoms with Crippen molar-refractivity contribution in [3.8, 4) is 11.4 Å². The van der Waals surface area contributed by atoms with Crippen LogP contribution in [0.25, 0.3) is 11.4 Å². The van der Waals surface area contributed by atoms with Crippen LogP contribution in [0.2, 0.25) is 0 Å². The lowest BCUT2D eigenvalue weighted by Crippen LogP contribution is -2.29. The number of carbonyl (C=O) groups excluding carboxylic acids is 3. The summed E-state index contributed by atoms with van der Waals surface area (Å²) in [5.74, 6) is -0.262. The van der Waals surface area contributed by atoms with Gasteiger partial charge in [-0.15, -0.1) is 5.10 Å². The summed E-state index contributed by atoms with van der Waals surface area (Å²) < 4.78 is 0. The number of H-pyrrole nitrogens is 1. The summed E-state index contributed by atoms with van der Waals surface area (Å²) >= 11 is 0. The zero-order chi connectivity index (χ0) is 22.9. The molecule has 5 rings (SSSR count). The van der Waals surface area contributed by atoms with Gasteiger partial charge in [0.25, 0.3) is 17.7 Å². The fourth-order valence-corrected chi connectivity index (χ4v) is 3.66. The Morgan fingerprint density at radius 1 is 0.909 bits per heavy atom. The number of hydrogen-bond donors (Lipinski definition) is 2. The van der Waals surface area contributed by atoms with Crippen molar-refractivity contribution in [3.05, 3.63) is 101 Å². The number of rotatable bonds is 5. The molecule has 0 atom stereocenters. The van der Waals surface area contributed by atoms with Crippen LogP contribution in [-0.2, 0) is 6.54 Å². The molecule has 33 heavy (non-hydrogen) atoms. The van der Waals surface area contributed by atoms with Gasteiger partial charge < -0.3 is 0 Å². The molecule has 0 saturated carbocycles. The second-order valence-corrected chi connectivity index (χ2v) is 7.77. The number of amides is 3. The number of carbonyl (C=O) groups is 3. The lowest BCUT2D eigenvalue weighted by molar-refractivity contribution is 0.0642. The minimum atomic E-state index is -0.364. The molecule has 3 amide bonds. The predicted octanol–water partition coefficient (Wildman–Crippen LogP) is 3.83. The highest BCUT2D eigenvalue weighted by atomic mass is 16.2. The predicted molar refractivity (Wildman–Crippen MR) is 122 cm³/mol. The van der Waals surface area contributed by atoms with E-state index in [1.165, 1.54) is 4.90 Å². The Labute approximate surface area is 189 Å². The average Bonchev–Trinajstić information content (AvgIpc) is 3.39. The van der Waals surface area contributed by atoms with Crippen molar-refractivity contribution >= 4 is 23.7 Å². The van der Waals surface area contributed by atoms with Crippen LogP contribution in [0.1, 0.15) is 42.2 Å². The first-order valence-corrected chi connectivity index (χ1v) is 10.3. The topological polar surface area (TPSA) is 108 Å². The normalized spacial score (nSPS) is 12.7. The molecule has 1 aliphatic heterocycles. The third-order valence-corrected chi connectivity index (χ3v) is 5.47. The van der Waals surface area contributed by atoms with Crippen LogP contribution in [0.15, 0.2) is 72.8 Å². The average molecular weight is 437 g/mol. The van der Waals surface area contributed by atoms with Crippen LogP contribution in [-0.4, -0.2) is 37.8 Å². The number of nitrogens with one attached hydrogen (secondary N) is 2. The summed E-state index contributed by atoms with van der Waals surface area (Å²) in [7, 11) is 0. The molecule has 0 unspecified atom stereocenters. The molecule has 8 nitrogen and oxygen atoms in total. The fourth-order valence-electron chi connectivity index (χ4n) is 3.66. The minimum absolute atomic E-state index is 0.134. The molecular weight excluding hydrogens is 418 g/mol. The molecule has 0 spiro atoms. The van der Waals surface area contributed by atoms with Crippen LogP contribution in [0, 0.1) is 6.92 Å². The maximum absolute atomic E-state index is 12.6. The van der Waals surface area contributed by atoms with E-state index in [1.807, 2.05) is 31.2 Å². The first-order chi connectivity index (χ1) is 16.0. The van der Waals surface area contributed by atoms with Crippen molar-refractivity contribution in [1.82, 2.24) is 20.1 Å². The zero-order valence-electron chi connectivity index (χ0n) is 17.7. The van der Waals surface area contributed by atoms with Gasteiger partial charge in [0.2, 0.25) is 5.95 Å². The molecule has 0 aliphatic carbocycles. The highest BCUT2D eigenvalue weighted by Crippen LogP contribution is 2.24. The van der Waals surface area contributed by atoms with Gasteiger partial charge in [-0.05, 0) is 36.8 Å². The van der Waals surface area contributed by atoms with E-state index in [0.717, 1.165) is 16.7 Å². The molecule has 0 bridgehead atoms. The number of aromatic nitrogens is 3. The highest BCUT2D eigenvalue weighted by Gasteiger charge is 2.34. The number of benzene rings is 3. The lowest BCUT2D eigenvalue weighted by atomic mass is 10.1. The van der Waals surface area contributed by atoms with E-state index in [-0.39, 0.29) is 30.2 Å². The molecule has 0 saturated heterocycles. The van der Waals surface area contributed by atoms with Gasteiger partial charge in [0.1, 0.15) is 0 Å². The second-order valence-electron chi connectivity index (χ2n) is 7.77. The molecule has 2 heterocycles. The monoisotopic (exact) mass is 437 g/mol. The third-order valence-electron chi connectivity index (χ3n) is 5.47. The number of imide groups is 1. The minimum Gasteiger partial charge on any atom is -0.289 e. The van der Waals surface area contributed by atoms with E-state index >= 15 is 0 Å². The molecule has 162 valence electrons. The Balaban J connectivity index is 1.25. The van der Waals surface area contributed by atoms with Crippen molar-refractivity contribution in [3.63, 3.8) is 0 Å². The van der Waals surface area contributed by atoms with E-state index in [2.05, 4.69) is 20.5 Å². The number of nitrogens with zero attached hydrogens (tertiary/aromatic N) is 3. The van der Waals surface area contributed by atoms with Gasteiger partial charge in [-0.2, -0.15) is 4.98 Å². The molecule has 2 N–H and O–H groups in total. The second kappa shape index (κ2) is 8.16. The molecular formula is C25H19N5O3. The molecule has 1 aromatic heterocycles. The summed E-state index contributed by atoms with van der Waals surface area (Å²) in [4.78, 5) is 43.2. The van der Waals surface area contributed by atoms with Crippen LogP contribution in [0.3, 0.4) is 0 Å². The van der Waals surface area contributed by atoms with E-state index in [1.54, 1.807) is 48.5 Å². The van der Waals surface area contributed by atoms with Gasteiger partial charge in [0.15, 0.2) is 5.82 Å². The van der Waals surface area contributed by atoms with Crippen molar-refractivity contribution in [2.75, 3.05) is 5.32 Å². The lowest BCUT2D eigenvalue weighted by Gasteiger charge is -2.14. The summed E-state index contributed by atoms with van der Waals surface area (Å²) in [5, 5.41) is 9.54. The quantitative estimate of drug-likeness (QED) is 0.462. The van der Waals surface area contributed by atoms with Gasteiger partial charge in [-0.25, -0.2) is 0 Å². The highest BCUT2D eigenvalue weighted by molar-refractivity contribution is 6.21. The Hall–Kier alpha value is -4.59. The SMILES string of the molecule is Cc1ccc(-c2nc(NC(=O)c3ccc(CN4C(=O)c5ccccc5C4=O)cc3)n[nH]2)cc1. The number of aromatic amines is 1. The van der Waals surface area contributed by atoms with Gasteiger partial charge in [0, 0.05) is 11.1 Å². The van der Waals surface area contributed by atoms with Gasteiger partial charge in [-0.3, -0.25) is 29.7 Å². The van der Waals surface area contributed by atoms with E-state index in [9.17, 15) is 14.4 Å². The molecule has 1 aliphatic rings. The summed E-state index contributed by atoms with van der Waals surface area (Å²) in [5.41, 5.74) is 3.97. The number of aryl methyl sites for hydroxylation is 1. The van der Waals surface area contributed by atoms with Crippen molar-refractivity contribution in [2.24, 2.45) is 0 Å². The summed E-state index contributed by atoms with van der Waals surface area (Å²) in [6, 6.07) is 21.3. The largest absolute Gasteiger partial charge is 0.289 e. The van der Waals surface area contributed by atoms with Crippen LogP contribution >= 0.6 is 0 Å². The van der Waals surface area contributed by atoms with Crippen LogP contribution in [0.5, 0.6) is 0 Å². The smallest absolute Gasteiger partial charge is 0.261 e. The van der Waals surface area contributed by atoms with Crippen molar-refractivity contribution < 1.29 is 14.4 Å². The fraction of sp³-hybridized carbons (Fsp3) is 0.0800. The zero-order valence-corrected chi connectivity index (χ0v) is 17.7. The summed E-state index contributed by atoms with van der Waals surface area (Å²) in [6.07, 6.45) is 0. The Kier molecular flexibility index (Phi) is 5.02. The van der Waals surface area contributed by atoms with Crippen LogP contribution < -0.4 is 5.32 Å². The summed E-state index contributed by atoms with van der Waals surface area (Å²) in [6.45, 7) is 2.13. The standard InChI is InChI=1S/C25H19N5O3/c1-15-6-10-17(11-7-15)21-26-25(29-28-21)27-22(31)18-12-8-16(9-13-18)14-30-23(32)19-4-2-3-5-20(19)24(30)33/h2-13H,14H2,1H3,(H2,26,27,28,29,31). The molecule has 4 aromatic rings. The van der Waals surface area contributed by atoms with Gasteiger partial charge in [0.05, 0.1) is 17.7 Å². The van der Waals surface area contributed by atoms with E-state index in [0.29, 0.717) is 22.5 Å². The van der Waals surface area contributed by atoms with Crippen LogP contribution in [0.4, 0.5) is 5.95 Å². The Morgan fingerprint density at radius 3 is 2.18 bits per heavy atom. The Bertz CT molecular complexity index is 1340. The molecule has 0 fully saturated rings. The molecule has 0 radical (unpaired) electrons. The first-order valence-electron chi connectivity index (χ1n) is 10.3. The van der Waals surface area contributed by atoms with Crippen molar-refractivity contribution in [2.45, 2.75) is 13.5 Å². The first kappa shape index (κ1) is 20.3. The number of fused-ring (bicyclic) bond motifs is 1. The Morgan fingerprint density at radius 2 is 1.55 bits per heavy atom. The van der Waals surface area contributed by atoms with Gasteiger partial charge in [-0.1, -0.05) is 54.1 Å². The number of anilines is 1. The van der Waals surface area contributed by atoms with E-state index in [4.69, 9.17) is 0 Å². The van der Waals surface area contributed by atoms with Gasteiger partial charge >= 0.3 is 0 Å². The molecule has 3 aromatic carbocycles. The van der Waals surface area contributed by atoms with E-state index < -0.39 is 0 Å². The molecule has 8 heteroatoms. The van der Waals surface area contributed by atoms with Crippen molar-refractivity contribution in [1.29, 1.82) is 0 Å². The maximum atomic E-state index is 12.6. The number of hydrogen-bond acceptors (Lipinski definition) is 5.